The first-order chi connectivity index (χ1) is 11.1. The van der Waals surface area contributed by atoms with E-state index in [1.165, 1.54) is 5.56 Å². The molecule has 5 nitrogen and oxygen atoms in total. The Labute approximate surface area is 139 Å². The van der Waals surface area contributed by atoms with Crippen LogP contribution < -0.4 is 15.2 Å². The maximum absolute atomic E-state index is 6.23. The molecule has 0 amide bonds. The van der Waals surface area contributed by atoms with Gasteiger partial charge in [0.2, 0.25) is 6.79 Å². The molecule has 0 bridgehead atoms. The van der Waals surface area contributed by atoms with Crippen molar-refractivity contribution in [2.45, 2.75) is 32.9 Å². The van der Waals surface area contributed by atoms with Crippen molar-refractivity contribution in [1.82, 2.24) is 9.80 Å². The highest BCUT2D eigenvalue weighted by Gasteiger charge is 2.20. The number of benzene rings is 1. The molecular weight excluding hydrogens is 290 g/mol. The van der Waals surface area contributed by atoms with Crippen LogP contribution in [0.25, 0.3) is 0 Å². The van der Waals surface area contributed by atoms with Crippen molar-refractivity contribution in [2.75, 3.05) is 39.5 Å². The van der Waals surface area contributed by atoms with Crippen LogP contribution in [-0.4, -0.2) is 55.4 Å². The molecule has 23 heavy (non-hydrogen) atoms. The van der Waals surface area contributed by atoms with E-state index in [1.54, 1.807) is 0 Å². The number of piperazine rings is 1. The van der Waals surface area contributed by atoms with Crippen molar-refractivity contribution in [2.24, 2.45) is 11.7 Å². The molecule has 5 heteroatoms. The molecule has 1 aromatic rings. The first-order valence-electron chi connectivity index (χ1n) is 8.69. The molecule has 0 radical (unpaired) electrons. The van der Waals surface area contributed by atoms with Crippen molar-refractivity contribution in [3.8, 4) is 11.5 Å². The van der Waals surface area contributed by atoms with Crippen LogP contribution >= 0.6 is 0 Å². The summed E-state index contributed by atoms with van der Waals surface area (Å²) >= 11 is 0. The van der Waals surface area contributed by atoms with Crippen LogP contribution in [0.1, 0.15) is 25.8 Å². The fourth-order valence-corrected chi connectivity index (χ4v) is 3.44. The summed E-state index contributed by atoms with van der Waals surface area (Å²) in [5, 5.41) is 0. The average molecular weight is 319 g/mol. The van der Waals surface area contributed by atoms with E-state index in [9.17, 15) is 0 Å². The van der Waals surface area contributed by atoms with Gasteiger partial charge in [0.05, 0.1) is 0 Å². The number of ether oxygens (including phenoxy) is 2. The second-order valence-corrected chi connectivity index (χ2v) is 7.15. The molecule has 3 rings (SSSR count). The number of nitrogens with two attached hydrogens (primary N) is 1. The highest BCUT2D eigenvalue weighted by molar-refractivity contribution is 5.44. The molecule has 2 aliphatic rings. The zero-order valence-corrected chi connectivity index (χ0v) is 14.3. The van der Waals surface area contributed by atoms with Gasteiger partial charge in [-0.3, -0.25) is 9.80 Å². The monoisotopic (exact) mass is 319 g/mol. The van der Waals surface area contributed by atoms with E-state index >= 15 is 0 Å². The standard InChI is InChI=1S/C18H29N3O2/c1-14(2)9-16(19)12-21-7-5-20(6-8-21)11-15-3-4-17-18(10-15)23-13-22-17/h3-4,10,14,16H,5-9,11-13,19H2,1-2H3/t16-/m0/s1. The van der Waals surface area contributed by atoms with Crippen LogP contribution in [0.3, 0.4) is 0 Å². The van der Waals surface area contributed by atoms with Gasteiger partial charge in [-0.15, -0.1) is 0 Å². The molecule has 0 unspecified atom stereocenters. The lowest BCUT2D eigenvalue weighted by Gasteiger charge is -2.36. The number of nitrogens with zero attached hydrogens (tertiary/aromatic N) is 2. The second-order valence-electron chi connectivity index (χ2n) is 7.15. The van der Waals surface area contributed by atoms with Gasteiger partial charge in [-0.25, -0.2) is 0 Å². The quantitative estimate of drug-likeness (QED) is 0.868. The third kappa shape index (κ3) is 4.59. The lowest BCUT2D eigenvalue weighted by molar-refractivity contribution is 0.119. The average Bonchev–Trinajstić information content (AvgIpc) is 2.96. The fourth-order valence-electron chi connectivity index (χ4n) is 3.44. The van der Waals surface area contributed by atoms with E-state index in [-0.39, 0.29) is 0 Å². The molecule has 128 valence electrons. The summed E-state index contributed by atoms with van der Waals surface area (Å²) in [5.41, 5.74) is 7.53. The second kappa shape index (κ2) is 7.51. The van der Waals surface area contributed by atoms with Gasteiger partial charge in [-0.1, -0.05) is 19.9 Å². The summed E-state index contributed by atoms with van der Waals surface area (Å²) < 4.78 is 10.8. The molecule has 1 saturated heterocycles. The molecular formula is C18H29N3O2. The van der Waals surface area contributed by atoms with Crippen molar-refractivity contribution in [3.05, 3.63) is 23.8 Å². The Morgan fingerprint density at radius 3 is 2.48 bits per heavy atom. The molecule has 0 saturated carbocycles. The Balaban J connectivity index is 1.44. The maximum Gasteiger partial charge on any atom is 0.231 e. The van der Waals surface area contributed by atoms with Gasteiger partial charge < -0.3 is 15.2 Å². The van der Waals surface area contributed by atoms with Crippen LogP contribution in [0.2, 0.25) is 0 Å². The minimum Gasteiger partial charge on any atom is -0.454 e. The van der Waals surface area contributed by atoms with E-state index < -0.39 is 0 Å². The molecule has 0 aliphatic carbocycles. The summed E-state index contributed by atoms with van der Waals surface area (Å²) in [7, 11) is 0. The van der Waals surface area contributed by atoms with Crippen LogP contribution in [0.5, 0.6) is 11.5 Å². The predicted molar refractivity (Wildman–Crippen MR) is 91.7 cm³/mol. The van der Waals surface area contributed by atoms with Gasteiger partial charge in [0.25, 0.3) is 0 Å². The van der Waals surface area contributed by atoms with E-state index in [4.69, 9.17) is 15.2 Å². The van der Waals surface area contributed by atoms with Crippen LogP contribution in [0.4, 0.5) is 0 Å². The van der Waals surface area contributed by atoms with E-state index in [1.807, 2.05) is 6.07 Å². The van der Waals surface area contributed by atoms with Gasteiger partial charge in [0.15, 0.2) is 11.5 Å². The van der Waals surface area contributed by atoms with Crippen LogP contribution in [0.15, 0.2) is 18.2 Å². The first kappa shape index (κ1) is 16.6. The van der Waals surface area contributed by atoms with Crippen molar-refractivity contribution < 1.29 is 9.47 Å². The lowest BCUT2D eigenvalue weighted by atomic mass is 10.0. The molecule has 2 aliphatic heterocycles. The van der Waals surface area contributed by atoms with Gasteiger partial charge in [-0.2, -0.15) is 0 Å². The third-order valence-electron chi connectivity index (χ3n) is 4.57. The largest absolute Gasteiger partial charge is 0.454 e. The van der Waals surface area contributed by atoms with Gasteiger partial charge in [-0.05, 0) is 30.0 Å². The maximum atomic E-state index is 6.23. The Kier molecular flexibility index (Phi) is 5.41. The molecule has 2 heterocycles. The van der Waals surface area contributed by atoms with Crippen molar-refractivity contribution in [3.63, 3.8) is 0 Å². The Hall–Kier alpha value is -1.30. The molecule has 0 aromatic heterocycles. The topological polar surface area (TPSA) is 51.0 Å². The number of hydrogen-bond donors (Lipinski definition) is 1. The summed E-state index contributed by atoms with van der Waals surface area (Å²) in [6, 6.07) is 6.56. The number of rotatable bonds is 6. The Bertz CT molecular complexity index is 513. The molecule has 1 aromatic carbocycles. The number of fused-ring (bicyclic) bond motifs is 1. The minimum absolute atomic E-state index is 0.301. The van der Waals surface area contributed by atoms with Crippen molar-refractivity contribution in [1.29, 1.82) is 0 Å². The summed E-state index contributed by atoms with van der Waals surface area (Å²) in [4.78, 5) is 5.01. The van der Waals surface area contributed by atoms with E-state index in [2.05, 4.69) is 35.8 Å². The Morgan fingerprint density at radius 1 is 1.04 bits per heavy atom. The fraction of sp³-hybridized carbons (Fsp3) is 0.667. The minimum atomic E-state index is 0.301. The van der Waals surface area contributed by atoms with Gasteiger partial charge in [0.1, 0.15) is 0 Å². The van der Waals surface area contributed by atoms with E-state index in [0.717, 1.165) is 57.2 Å². The summed E-state index contributed by atoms with van der Waals surface area (Å²) in [5.74, 6) is 2.41. The third-order valence-corrected chi connectivity index (χ3v) is 4.57. The van der Waals surface area contributed by atoms with E-state index in [0.29, 0.717) is 18.8 Å². The molecule has 0 spiro atoms. The molecule has 2 N–H and O–H groups in total. The molecule has 1 fully saturated rings. The smallest absolute Gasteiger partial charge is 0.231 e. The SMILES string of the molecule is CC(C)C[C@H](N)CN1CCN(Cc2ccc3c(c2)OCO3)CC1. The summed E-state index contributed by atoms with van der Waals surface area (Å²) in [6.45, 7) is 11.2. The van der Waals surface area contributed by atoms with Crippen LogP contribution in [0, 0.1) is 5.92 Å². The van der Waals surface area contributed by atoms with Crippen molar-refractivity contribution >= 4 is 0 Å². The summed E-state index contributed by atoms with van der Waals surface area (Å²) in [6.07, 6.45) is 1.11. The van der Waals surface area contributed by atoms with Gasteiger partial charge >= 0.3 is 0 Å². The lowest BCUT2D eigenvalue weighted by Crippen LogP contribution is -2.49. The highest BCUT2D eigenvalue weighted by atomic mass is 16.7. The predicted octanol–water partition coefficient (Wildman–Crippen LogP) is 1.91. The number of hydrogen-bond acceptors (Lipinski definition) is 5. The van der Waals surface area contributed by atoms with Gasteiger partial charge in [0, 0.05) is 45.3 Å². The normalized spacial score (nSPS) is 20.2. The zero-order valence-electron chi connectivity index (χ0n) is 14.3. The highest BCUT2D eigenvalue weighted by Crippen LogP contribution is 2.32. The zero-order chi connectivity index (χ0) is 16.2. The molecule has 1 atom stereocenters. The Morgan fingerprint density at radius 2 is 1.74 bits per heavy atom. The first-order valence-corrected chi connectivity index (χ1v) is 8.69. The van der Waals surface area contributed by atoms with Crippen LogP contribution in [-0.2, 0) is 6.54 Å².